The predicted molar refractivity (Wildman–Crippen MR) is 56.2 cm³/mol. The van der Waals surface area contributed by atoms with Gasteiger partial charge in [0.25, 0.3) is 0 Å². The zero-order chi connectivity index (χ0) is 11.8. The number of ether oxygens (including phenoxy) is 1. The minimum absolute atomic E-state index is 0.000844. The van der Waals surface area contributed by atoms with E-state index in [1.165, 1.54) is 18.5 Å². The second-order valence-electron chi connectivity index (χ2n) is 3.20. The van der Waals surface area contributed by atoms with Gasteiger partial charge in [0.15, 0.2) is 0 Å². The third-order valence-electron chi connectivity index (χ3n) is 1.90. The largest absolute Gasteiger partial charge is 0.462 e. The van der Waals surface area contributed by atoms with Gasteiger partial charge in [-0.2, -0.15) is 0 Å². The first-order valence-corrected chi connectivity index (χ1v) is 4.81. The SMILES string of the molecule is O=C(/C=C/c1cnc[nH]1)OCC(CO)CO. The number of carbonyl (C=O) groups is 1. The second kappa shape index (κ2) is 6.76. The Hall–Kier alpha value is -1.66. The lowest BCUT2D eigenvalue weighted by atomic mass is 10.2. The first kappa shape index (κ1) is 12.4. The van der Waals surface area contributed by atoms with Crippen LogP contribution >= 0.6 is 0 Å². The van der Waals surface area contributed by atoms with Crippen LogP contribution in [0.4, 0.5) is 0 Å². The lowest BCUT2D eigenvalue weighted by Gasteiger charge is -2.09. The zero-order valence-corrected chi connectivity index (χ0v) is 8.67. The van der Waals surface area contributed by atoms with Crippen molar-refractivity contribution in [3.63, 3.8) is 0 Å². The van der Waals surface area contributed by atoms with Crippen molar-refractivity contribution < 1.29 is 19.7 Å². The summed E-state index contributed by atoms with van der Waals surface area (Å²) in [6.07, 6.45) is 5.84. The topological polar surface area (TPSA) is 95.4 Å². The quantitative estimate of drug-likeness (QED) is 0.452. The zero-order valence-electron chi connectivity index (χ0n) is 8.67. The van der Waals surface area contributed by atoms with E-state index in [2.05, 4.69) is 9.97 Å². The van der Waals surface area contributed by atoms with Crippen LogP contribution in [0.3, 0.4) is 0 Å². The first-order valence-electron chi connectivity index (χ1n) is 4.81. The van der Waals surface area contributed by atoms with E-state index in [9.17, 15) is 4.79 Å². The number of nitrogens with zero attached hydrogens (tertiary/aromatic N) is 1. The maximum absolute atomic E-state index is 11.2. The van der Waals surface area contributed by atoms with Crippen LogP contribution in [0.15, 0.2) is 18.6 Å². The van der Waals surface area contributed by atoms with Crippen molar-refractivity contribution in [1.29, 1.82) is 0 Å². The number of aromatic nitrogens is 2. The van der Waals surface area contributed by atoms with E-state index in [4.69, 9.17) is 14.9 Å². The molecule has 88 valence electrons. The fourth-order valence-electron chi connectivity index (χ4n) is 0.927. The van der Waals surface area contributed by atoms with Crippen molar-refractivity contribution in [1.82, 2.24) is 9.97 Å². The number of H-pyrrole nitrogens is 1. The van der Waals surface area contributed by atoms with Gasteiger partial charge in [-0.05, 0) is 6.08 Å². The molecule has 0 aliphatic heterocycles. The predicted octanol–water partition coefficient (Wildman–Crippen LogP) is -0.433. The summed E-state index contributed by atoms with van der Waals surface area (Å²) in [6, 6.07) is 0. The van der Waals surface area contributed by atoms with Gasteiger partial charge in [0.05, 0.1) is 38.0 Å². The number of esters is 1. The molecule has 1 heterocycles. The molecule has 1 rings (SSSR count). The van der Waals surface area contributed by atoms with Crippen LogP contribution in [0.25, 0.3) is 6.08 Å². The molecule has 0 saturated carbocycles. The van der Waals surface area contributed by atoms with E-state index in [0.717, 1.165) is 0 Å². The van der Waals surface area contributed by atoms with Crippen LogP contribution in [0.5, 0.6) is 0 Å². The van der Waals surface area contributed by atoms with Crippen molar-refractivity contribution in [2.24, 2.45) is 5.92 Å². The number of imidazole rings is 1. The summed E-state index contributed by atoms with van der Waals surface area (Å²) in [4.78, 5) is 17.7. The Kier molecular flexibility index (Phi) is 5.24. The minimum atomic E-state index is -0.526. The maximum atomic E-state index is 11.2. The van der Waals surface area contributed by atoms with E-state index in [-0.39, 0.29) is 19.8 Å². The number of hydrogen-bond donors (Lipinski definition) is 3. The summed E-state index contributed by atoms with van der Waals surface area (Å²) in [5.74, 6) is -0.953. The van der Waals surface area contributed by atoms with E-state index in [0.29, 0.717) is 5.69 Å². The number of aliphatic hydroxyl groups excluding tert-OH is 2. The molecule has 0 bridgehead atoms. The number of carbonyl (C=O) groups excluding carboxylic acids is 1. The molecular weight excluding hydrogens is 212 g/mol. The van der Waals surface area contributed by atoms with Gasteiger partial charge in [-0.3, -0.25) is 0 Å². The maximum Gasteiger partial charge on any atom is 0.330 e. The smallest absolute Gasteiger partial charge is 0.330 e. The Labute approximate surface area is 92.6 Å². The van der Waals surface area contributed by atoms with Gasteiger partial charge in [-0.25, -0.2) is 9.78 Å². The van der Waals surface area contributed by atoms with Crippen molar-refractivity contribution in [3.8, 4) is 0 Å². The molecule has 0 spiro atoms. The molecular formula is C10H14N2O4. The lowest BCUT2D eigenvalue weighted by Crippen LogP contribution is -2.19. The molecule has 0 radical (unpaired) electrons. The van der Waals surface area contributed by atoms with Crippen LogP contribution in [0, 0.1) is 5.92 Å². The fourth-order valence-corrected chi connectivity index (χ4v) is 0.927. The number of nitrogens with one attached hydrogen (secondary N) is 1. The first-order chi connectivity index (χ1) is 7.76. The third-order valence-corrected chi connectivity index (χ3v) is 1.90. The fraction of sp³-hybridized carbons (Fsp3) is 0.400. The van der Waals surface area contributed by atoms with Crippen molar-refractivity contribution in [2.75, 3.05) is 19.8 Å². The number of hydrogen-bond acceptors (Lipinski definition) is 5. The standard InChI is InChI=1S/C10H14N2O4/c13-4-8(5-14)6-16-10(15)2-1-9-3-11-7-12-9/h1-3,7-8,13-14H,4-6H2,(H,11,12)/b2-1+. The molecule has 1 aromatic heterocycles. The molecule has 0 fully saturated rings. The van der Waals surface area contributed by atoms with Crippen LogP contribution in [0.2, 0.25) is 0 Å². The Morgan fingerprint density at radius 1 is 1.56 bits per heavy atom. The van der Waals surface area contributed by atoms with Crippen LogP contribution in [-0.4, -0.2) is 46.0 Å². The summed E-state index contributed by atoms with van der Waals surface area (Å²) in [6.45, 7) is -0.429. The summed E-state index contributed by atoms with van der Waals surface area (Å²) < 4.78 is 4.80. The number of rotatable bonds is 6. The average Bonchev–Trinajstić information content (AvgIpc) is 2.80. The van der Waals surface area contributed by atoms with Crippen LogP contribution in [0.1, 0.15) is 5.69 Å². The Morgan fingerprint density at radius 3 is 2.88 bits per heavy atom. The van der Waals surface area contributed by atoms with Crippen LogP contribution < -0.4 is 0 Å². The number of aliphatic hydroxyl groups is 2. The molecule has 0 atom stereocenters. The normalized spacial score (nSPS) is 11.2. The van der Waals surface area contributed by atoms with Gasteiger partial charge in [0.1, 0.15) is 0 Å². The highest BCUT2D eigenvalue weighted by Gasteiger charge is 2.07. The lowest BCUT2D eigenvalue weighted by molar-refractivity contribution is -0.139. The Bertz CT molecular complexity index is 331. The summed E-state index contributed by atoms with van der Waals surface area (Å²) in [5.41, 5.74) is 0.692. The van der Waals surface area contributed by atoms with Crippen molar-refractivity contribution >= 4 is 12.0 Å². The Morgan fingerprint density at radius 2 is 2.31 bits per heavy atom. The molecule has 16 heavy (non-hydrogen) atoms. The van der Waals surface area contributed by atoms with E-state index in [1.807, 2.05) is 0 Å². The Balaban J connectivity index is 2.31. The molecule has 0 aliphatic rings. The van der Waals surface area contributed by atoms with Gasteiger partial charge >= 0.3 is 5.97 Å². The molecule has 0 aliphatic carbocycles. The molecule has 6 nitrogen and oxygen atoms in total. The number of aromatic amines is 1. The van der Waals surface area contributed by atoms with E-state index in [1.54, 1.807) is 6.20 Å². The summed E-state index contributed by atoms with van der Waals surface area (Å²) in [5, 5.41) is 17.5. The molecule has 3 N–H and O–H groups in total. The van der Waals surface area contributed by atoms with Gasteiger partial charge in [-0.15, -0.1) is 0 Å². The van der Waals surface area contributed by atoms with Crippen molar-refractivity contribution in [3.05, 3.63) is 24.3 Å². The molecule has 1 aromatic rings. The summed E-state index contributed by atoms with van der Waals surface area (Å²) >= 11 is 0. The van der Waals surface area contributed by atoms with Gasteiger partial charge < -0.3 is 19.9 Å². The monoisotopic (exact) mass is 226 g/mol. The van der Waals surface area contributed by atoms with Crippen molar-refractivity contribution in [2.45, 2.75) is 0 Å². The van der Waals surface area contributed by atoms with Crippen LogP contribution in [-0.2, 0) is 9.53 Å². The molecule has 0 unspecified atom stereocenters. The molecule has 0 aromatic carbocycles. The van der Waals surface area contributed by atoms with Gasteiger partial charge in [0, 0.05) is 12.0 Å². The highest BCUT2D eigenvalue weighted by atomic mass is 16.5. The summed E-state index contributed by atoms with van der Waals surface area (Å²) in [7, 11) is 0. The minimum Gasteiger partial charge on any atom is -0.462 e. The highest BCUT2D eigenvalue weighted by molar-refractivity contribution is 5.86. The van der Waals surface area contributed by atoms with Gasteiger partial charge in [0.2, 0.25) is 0 Å². The second-order valence-corrected chi connectivity index (χ2v) is 3.20. The van der Waals surface area contributed by atoms with E-state index < -0.39 is 11.9 Å². The molecule has 6 heteroatoms. The van der Waals surface area contributed by atoms with E-state index >= 15 is 0 Å². The average molecular weight is 226 g/mol. The highest BCUT2D eigenvalue weighted by Crippen LogP contribution is 1.98. The molecule has 0 amide bonds. The van der Waals surface area contributed by atoms with Gasteiger partial charge in [-0.1, -0.05) is 0 Å². The third kappa shape index (κ3) is 4.24. The molecule has 0 saturated heterocycles.